The summed E-state index contributed by atoms with van der Waals surface area (Å²) < 4.78 is 0. The van der Waals surface area contributed by atoms with Crippen molar-refractivity contribution in [3.63, 3.8) is 0 Å². The van der Waals surface area contributed by atoms with Crippen LogP contribution in [0.15, 0.2) is 18.2 Å². The fourth-order valence-corrected chi connectivity index (χ4v) is 1.66. The zero-order valence-corrected chi connectivity index (χ0v) is 11.0. The fraction of sp³-hybridized carbons (Fsp3) is 0.538. The molecule has 1 aromatic rings. The summed E-state index contributed by atoms with van der Waals surface area (Å²) in [6, 6.07) is 5.46. The minimum atomic E-state index is -0.0292. The van der Waals surface area contributed by atoms with Crippen molar-refractivity contribution >= 4 is 11.7 Å². The first-order chi connectivity index (χ1) is 8.04. The van der Waals surface area contributed by atoms with Crippen molar-refractivity contribution < 1.29 is 4.79 Å². The summed E-state index contributed by atoms with van der Waals surface area (Å²) in [6.07, 6.45) is 0. The lowest BCUT2D eigenvalue weighted by Gasteiger charge is -2.19. The van der Waals surface area contributed by atoms with Crippen molar-refractivity contribution in [2.75, 3.05) is 25.5 Å². The third-order valence-electron chi connectivity index (χ3n) is 2.31. The van der Waals surface area contributed by atoms with Crippen LogP contribution in [0.5, 0.6) is 0 Å². The molecule has 0 radical (unpaired) electrons. The van der Waals surface area contributed by atoms with Crippen LogP contribution in [0.4, 0.5) is 5.82 Å². The maximum Gasteiger partial charge on any atom is 0.272 e. The van der Waals surface area contributed by atoms with Gasteiger partial charge < -0.3 is 10.2 Å². The van der Waals surface area contributed by atoms with E-state index in [1.165, 1.54) is 0 Å². The van der Waals surface area contributed by atoms with Crippen LogP contribution < -0.4 is 5.32 Å². The van der Waals surface area contributed by atoms with Gasteiger partial charge >= 0.3 is 0 Å². The average molecular weight is 235 g/mol. The molecule has 0 saturated heterocycles. The lowest BCUT2D eigenvalue weighted by Crippen LogP contribution is -2.31. The molecule has 0 aromatic carbocycles. The van der Waals surface area contributed by atoms with Crippen molar-refractivity contribution in [1.82, 2.24) is 9.88 Å². The maximum atomic E-state index is 12.1. The third-order valence-corrected chi connectivity index (χ3v) is 2.31. The summed E-state index contributed by atoms with van der Waals surface area (Å²) in [5.74, 6) is 1.18. The van der Waals surface area contributed by atoms with Crippen LogP contribution >= 0.6 is 0 Å². The standard InChI is InChI=1S/C13H21N3O/c1-5-14-12-8-6-7-11(15-12)13(17)16(4)9-10(2)3/h6-8,10H,5,9H2,1-4H3,(H,14,15). The Labute approximate surface area is 103 Å². The Balaban J connectivity index is 2.77. The molecule has 0 saturated carbocycles. The smallest absolute Gasteiger partial charge is 0.272 e. The first kappa shape index (κ1) is 13.5. The van der Waals surface area contributed by atoms with E-state index in [-0.39, 0.29) is 5.91 Å². The summed E-state index contributed by atoms with van der Waals surface area (Å²) in [6.45, 7) is 7.72. The SMILES string of the molecule is CCNc1cccc(C(=O)N(C)CC(C)C)n1. The van der Waals surface area contributed by atoms with Crippen molar-refractivity contribution in [2.24, 2.45) is 5.92 Å². The fourth-order valence-electron chi connectivity index (χ4n) is 1.66. The van der Waals surface area contributed by atoms with Crippen LogP contribution in [-0.4, -0.2) is 35.9 Å². The highest BCUT2D eigenvalue weighted by Crippen LogP contribution is 2.08. The highest BCUT2D eigenvalue weighted by atomic mass is 16.2. The van der Waals surface area contributed by atoms with Gasteiger partial charge in [-0.1, -0.05) is 19.9 Å². The molecule has 0 aliphatic heterocycles. The molecule has 0 spiro atoms. The van der Waals surface area contributed by atoms with Crippen molar-refractivity contribution in [1.29, 1.82) is 0 Å². The van der Waals surface area contributed by atoms with Gasteiger partial charge in [-0.25, -0.2) is 4.98 Å². The molecular weight excluding hydrogens is 214 g/mol. The molecule has 1 aromatic heterocycles. The van der Waals surface area contributed by atoms with Crippen LogP contribution in [0, 0.1) is 5.92 Å². The second-order valence-corrected chi connectivity index (χ2v) is 4.52. The number of amides is 1. The van der Waals surface area contributed by atoms with Gasteiger partial charge in [-0.05, 0) is 25.0 Å². The Morgan fingerprint density at radius 1 is 1.47 bits per heavy atom. The molecule has 0 atom stereocenters. The second-order valence-electron chi connectivity index (χ2n) is 4.52. The van der Waals surface area contributed by atoms with Crippen LogP contribution in [0.2, 0.25) is 0 Å². The molecule has 0 unspecified atom stereocenters. The summed E-state index contributed by atoms with van der Waals surface area (Å²) >= 11 is 0. The van der Waals surface area contributed by atoms with E-state index in [0.29, 0.717) is 11.6 Å². The number of anilines is 1. The minimum Gasteiger partial charge on any atom is -0.370 e. The van der Waals surface area contributed by atoms with E-state index < -0.39 is 0 Å². The van der Waals surface area contributed by atoms with Crippen molar-refractivity contribution in [3.8, 4) is 0 Å². The highest BCUT2D eigenvalue weighted by Gasteiger charge is 2.14. The molecule has 0 bridgehead atoms. The molecule has 1 heterocycles. The van der Waals surface area contributed by atoms with Gasteiger partial charge in [0, 0.05) is 20.1 Å². The predicted molar refractivity (Wildman–Crippen MR) is 70.2 cm³/mol. The number of carbonyl (C=O) groups is 1. The van der Waals surface area contributed by atoms with Gasteiger partial charge in [-0.15, -0.1) is 0 Å². The zero-order valence-electron chi connectivity index (χ0n) is 11.0. The quantitative estimate of drug-likeness (QED) is 0.851. The summed E-state index contributed by atoms with van der Waals surface area (Å²) in [7, 11) is 1.81. The van der Waals surface area contributed by atoms with Gasteiger partial charge in [0.2, 0.25) is 0 Å². The Hall–Kier alpha value is -1.58. The number of pyridine rings is 1. The van der Waals surface area contributed by atoms with E-state index in [1.54, 1.807) is 11.0 Å². The number of nitrogens with one attached hydrogen (secondary N) is 1. The molecule has 0 aliphatic rings. The number of nitrogens with zero attached hydrogens (tertiary/aromatic N) is 2. The van der Waals surface area contributed by atoms with Gasteiger partial charge in [0.15, 0.2) is 0 Å². The van der Waals surface area contributed by atoms with Crippen molar-refractivity contribution in [3.05, 3.63) is 23.9 Å². The van der Waals surface area contributed by atoms with Gasteiger partial charge in [0.1, 0.15) is 11.5 Å². The maximum absolute atomic E-state index is 12.1. The van der Waals surface area contributed by atoms with Crippen LogP contribution in [0.1, 0.15) is 31.3 Å². The summed E-state index contributed by atoms with van der Waals surface area (Å²) in [4.78, 5) is 18.1. The zero-order chi connectivity index (χ0) is 12.8. The van der Waals surface area contributed by atoms with E-state index >= 15 is 0 Å². The predicted octanol–water partition coefficient (Wildman–Crippen LogP) is 2.24. The third kappa shape index (κ3) is 4.06. The van der Waals surface area contributed by atoms with Crippen LogP contribution in [0.3, 0.4) is 0 Å². The molecular formula is C13H21N3O. The molecule has 17 heavy (non-hydrogen) atoms. The highest BCUT2D eigenvalue weighted by molar-refractivity contribution is 5.92. The number of carbonyl (C=O) groups excluding carboxylic acids is 1. The Morgan fingerprint density at radius 2 is 2.18 bits per heavy atom. The Bertz CT molecular complexity index is 377. The largest absolute Gasteiger partial charge is 0.370 e. The van der Waals surface area contributed by atoms with Gasteiger partial charge in [-0.2, -0.15) is 0 Å². The van der Waals surface area contributed by atoms with Crippen LogP contribution in [0.25, 0.3) is 0 Å². The monoisotopic (exact) mass is 235 g/mol. The number of hydrogen-bond donors (Lipinski definition) is 1. The molecule has 4 heteroatoms. The topological polar surface area (TPSA) is 45.2 Å². The number of hydrogen-bond acceptors (Lipinski definition) is 3. The number of rotatable bonds is 5. The van der Waals surface area contributed by atoms with Gasteiger partial charge in [-0.3, -0.25) is 4.79 Å². The first-order valence-corrected chi connectivity index (χ1v) is 6.01. The molecule has 94 valence electrons. The Morgan fingerprint density at radius 3 is 2.76 bits per heavy atom. The molecule has 1 N–H and O–H groups in total. The first-order valence-electron chi connectivity index (χ1n) is 6.01. The Kier molecular flexibility index (Phi) is 4.94. The van der Waals surface area contributed by atoms with E-state index in [0.717, 1.165) is 18.9 Å². The average Bonchev–Trinajstić information content (AvgIpc) is 2.28. The number of aromatic nitrogens is 1. The van der Waals surface area contributed by atoms with Crippen molar-refractivity contribution in [2.45, 2.75) is 20.8 Å². The summed E-state index contributed by atoms with van der Waals surface area (Å²) in [5, 5.41) is 3.10. The molecule has 1 rings (SSSR count). The van der Waals surface area contributed by atoms with E-state index in [2.05, 4.69) is 24.1 Å². The molecule has 0 aliphatic carbocycles. The van der Waals surface area contributed by atoms with Gasteiger partial charge in [0.25, 0.3) is 5.91 Å². The second kappa shape index (κ2) is 6.23. The normalized spacial score (nSPS) is 10.4. The summed E-state index contributed by atoms with van der Waals surface area (Å²) in [5.41, 5.74) is 0.492. The molecule has 4 nitrogen and oxygen atoms in total. The molecule has 1 amide bonds. The lowest BCUT2D eigenvalue weighted by molar-refractivity contribution is 0.0773. The molecule has 0 fully saturated rings. The van der Waals surface area contributed by atoms with E-state index in [4.69, 9.17) is 0 Å². The van der Waals surface area contributed by atoms with Crippen LogP contribution in [-0.2, 0) is 0 Å². The van der Waals surface area contributed by atoms with E-state index in [1.807, 2.05) is 26.1 Å². The van der Waals surface area contributed by atoms with Gasteiger partial charge in [0.05, 0.1) is 0 Å². The van der Waals surface area contributed by atoms with E-state index in [9.17, 15) is 4.79 Å². The minimum absolute atomic E-state index is 0.0292. The lowest BCUT2D eigenvalue weighted by atomic mass is 10.2.